The zero-order chi connectivity index (χ0) is 27.9. The monoisotopic (exact) mass is 547 g/mol. The van der Waals surface area contributed by atoms with Crippen molar-refractivity contribution in [1.82, 2.24) is 10.2 Å². The van der Waals surface area contributed by atoms with Gasteiger partial charge in [0.25, 0.3) is 0 Å². The van der Waals surface area contributed by atoms with Crippen molar-refractivity contribution >= 4 is 27.5 Å². The van der Waals surface area contributed by atoms with Crippen LogP contribution in [0.25, 0.3) is 0 Å². The van der Waals surface area contributed by atoms with E-state index in [9.17, 15) is 18.0 Å². The summed E-state index contributed by atoms with van der Waals surface area (Å²) in [5.41, 5.74) is 1.29. The van der Waals surface area contributed by atoms with Gasteiger partial charge in [-0.25, -0.2) is 8.42 Å². The summed E-state index contributed by atoms with van der Waals surface area (Å²) in [7, 11) is -2.04. The third-order valence-corrected chi connectivity index (χ3v) is 7.32. The number of rotatable bonds is 13. The Morgan fingerprint density at radius 1 is 1.08 bits per heavy atom. The van der Waals surface area contributed by atoms with E-state index in [2.05, 4.69) is 5.32 Å². The van der Waals surface area contributed by atoms with Gasteiger partial charge in [-0.15, -0.1) is 0 Å². The lowest BCUT2D eigenvalue weighted by Crippen LogP contribution is -2.50. The van der Waals surface area contributed by atoms with Crippen LogP contribution in [0.15, 0.2) is 42.5 Å². The van der Waals surface area contributed by atoms with Crippen molar-refractivity contribution in [2.24, 2.45) is 0 Å². The molecule has 0 radical (unpaired) electrons. The molecular formula is C27H37N3O7S. The molecule has 3 rings (SSSR count). The molecule has 38 heavy (non-hydrogen) atoms. The van der Waals surface area contributed by atoms with E-state index in [-0.39, 0.29) is 50.6 Å². The van der Waals surface area contributed by atoms with Gasteiger partial charge in [0, 0.05) is 31.6 Å². The maximum absolute atomic E-state index is 13.5. The van der Waals surface area contributed by atoms with Crippen LogP contribution in [-0.2, 0) is 26.2 Å². The molecule has 0 saturated heterocycles. The molecule has 0 bridgehead atoms. The fourth-order valence-corrected chi connectivity index (χ4v) is 5.23. The normalized spacial score (nSPS) is 13.2. The Morgan fingerprint density at radius 3 is 2.37 bits per heavy atom. The van der Waals surface area contributed by atoms with Gasteiger partial charge in [0.2, 0.25) is 28.6 Å². The van der Waals surface area contributed by atoms with E-state index in [1.807, 2.05) is 45.0 Å². The molecule has 11 heteroatoms. The van der Waals surface area contributed by atoms with Gasteiger partial charge in [0.15, 0.2) is 11.5 Å². The molecule has 1 atom stereocenters. The van der Waals surface area contributed by atoms with Gasteiger partial charge in [0.05, 0.1) is 19.1 Å². The summed E-state index contributed by atoms with van der Waals surface area (Å²) < 4.78 is 42.3. The lowest BCUT2D eigenvalue weighted by Gasteiger charge is -2.31. The van der Waals surface area contributed by atoms with Gasteiger partial charge < -0.3 is 24.4 Å². The quantitative estimate of drug-likeness (QED) is 0.409. The number of anilines is 1. The Bertz CT molecular complexity index is 1220. The summed E-state index contributed by atoms with van der Waals surface area (Å²) in [6.45, 7) is 6.02. The van der Waals surface area contributed by atoms with Crippen LogP contribution in [-0.4, -0.2) is 63.9 Å². The number of ether oxygens (including phenoxy) is 3. The number of hydrogen-bond acceptors (Lipinski definition) is 7. The highest BCUT2D eigenvalue weighted by Gasteiger charge is 2.29. The standard InChI is InChI=1S/C27H37N3O7S/c1-6-23(27(32)28-19(2)3)29(17-20-9-12-22(35-4)13-10-20)26(31)8-7-15-30(38(5,33)34)21-11-14-24-25(16-21)37-18-36-24/h9-14,16,19,23H,6-8,15,17-18H2,1-5H3,(H,28,32)/t23-/m1/s1. The highest BCUT2D eigenvalue weighted by Crippen LogP contribution is 2.36. The Kier molecular flexibility index (Phi) is 9.84. The number of carbonyl (C=O) groups excluding carboxylic acids is 2. The molecular weight excluding hydrogens is 510 g/mol. The van der Waals surface area contributed by atoms with Crippen LogP contribution in [0.3, 0.4) is 0 Å². The summed E-state index contributed by atoms with van der Waals surface area (Å²) in [4.78, 5) is 28.1. The fraction of sp³-hybridized carbons (Fsp3) is 0.481. The molecule has 0 aliphatic carbocycles. The summed E-state index contributed by atoms with van der Waals surface area (Å²) in [5.74, 6) is 1.27. The first-order valence-electron chi connectivity index (χ1n) is 12.6. The number of benzene rings is 2. The molecule has 2 aromatic carbocycles. The second-order valence-electron chi connectivity index (χ2n) is 9.43. The van der Waals surface area contributed by atoms with Crippen LogP contribution >= 0.6 is 0 Å². The van der Waals surface area contributed by atoms with Crippen molar-refractivity contribution in [2.75, 3.05) is 31.0 Å². The zero-order valence-electron chi connectivity index (χ0n) is 22.6. The Labute approximate surface area is 224 Å². The number of amides is 2. The molecule has 0 saturated carbocycles. The van der Waals surface area contributed by atoms with Crippen molar-refractivity contribution in [3.63, 3.8) is 0 Å². The number of methoxy groups -OCH3 is 1. The van der Waals surface area contributed by atoms with Gasteiger partial charge >= 0.3 is 0 Å². The number of nitrogens with one attached hydrogen (secondary N) is 1. The topological polar surface area (TPSA) is 114 Å². The molecule has 10 nitrogen and oxygen atoms in total. The van der Waals surface area contributed by atoms with Crippen LogP contribution in [0, 0.1) is 0 Å². The van der Waals surface area contributed by atoms with E-state index >= 15 is 0 Å². The smallest absolute Gasteiger partial charge is 0.243 e. The minimum Gasteiger partial charge on any atom is -0.497 e. The molecule has 0 aromatic heterocycles. The molecule has 2 aromatic rings. The maximum atomic E-state index is 13.5. The molecule has 1 heterocycles. The highest BCUT2D eigenvalue weighted by atomic mass is 32.2. The SMILES string of the molecule is CC[C@H](C(=O)NC(C)C)N(Cc1ccc(OC)cc1)C(=O)CCCN(c1ccc2c(c1)OCO2)S(C)(=O)=O. The van der Waals surface area contributed by atoms with Gasteiger partial charge in [0.1, 0.15) is 11.8 Å². The number of carbonyl (C=O) groups is 2. The number of nitrogens with zero attached hydrogens (tertiary/aromatic N) is 2. The third-order valence-electron chi connectivity index (χ3n) is 6.13. The lowest BCUT2D eigenvalue weighted by molar-refractivity contribution is -0.141. The van der Waals surface area contributed by atoms with Crippen LogP contribution in [0.5, 0.6) is 17.2 Å². The minimum absolute atomic E-state index is 0.0676. The molecule has 0 fully saturated rings. The average Bonchev–Trinajstić information content (AvgIpc) is 3.33. The summed E-state index contributed by atoms with van der Waals surface area (Å²) in [6.07, 6.45) is 1.89. The van der Waals surface area contributed by atoms with E-state index < -0.39 is 16.1 Å². The van der Waals surface area contributed by atoms with Crippen molar-refractivity contribution in [3.8, 4) is 17.2 Å². The molecule has 2 amide bonds. The largest absolute Gasteiger partial charge is 0.497 e. The summed E-state index contributed by atoms with van der Waals surface area (Å²) in [6, 6.07) is 11.5. The summed E-state index contributed by atoms with van der Waals surface area (Å²) in [5, 5.41) is 2.91. The lowest BCUT2D eigenvalue weighted by atomic mass is 10.1. The number of hydrogen-bond donors (Lipinski definition) is 1. The Hall–Kier alpha value is -3.47. The molecule has 0 spiro atoms. The second-order valence-corrected chi connectivity index (χ2v) is 11.3. The maximum Gasteiger partial charge on any atom is 0.243 e. The van der Waals surface area contributed by atoms with E-state index in [0.29, 0.717) is 29.4 Å². The van der Waals surface area contributed by atoms with Crippen molar-refractivity contribution in [3.05, 3.63) is 48.0 Å². The van der Waals surface area contributed by atoms with E-state index in [1.54, 1.807) is 30.2 Å². The Morgan fingerprint density at radius 2 is 1.76 bits per heavy atom. The van der Waals surface area contributed by atoms with E-state index in [0.717, 1.165) is 11.8 Å². The third kappa shape index (κ3) is 7.53. The van der Waals surface area contributed by atoms with E-state index in [4.69, 9.17) is 14.2 Å². The Balaban J connectivity index is 1.76. The summed E-state index contributed by atoms with van der Waals surface area (Å²) >= 11 is 0. The second kappa shape index (κ2) is 12.9. The molecule has 1 N–H and O–H groups in total. The molecule has 1 aliphatic heterocycles. The predicted octanol–water partition coefficient (Wildman–Crippen LogP) is 3.30. The zero-order valence-corrected chi connectivity index (χ0v) is 23.4. The first-order chi connectivity index (χ1) is 18.0. The first kappa shape index (κ1) is 29.1. The first-order valence-corrected chi connectivity index (χ1v) is 14.5. The van der Waals surface area contributed by atoms with Crippen LogP contribution in [0.2, 0.25) is 0 Å². The number of fused-ring (bicyclic) bond motifs is 1. The van der Waals surface area contributed by atoms with E-state index in [1.165, 1.54) is 4.31 Å². The van der Waals surface area contributed by atoms with Crippen LogP contribution in [0.4, 0.5) is 5.69 Å². The predicted molar refractivity (Wildman–Crippen MR) is 145 cm³/mol. The van der Waals surface area contributed by atoms with Gasteiger partial charge in [-0.2, -0.15) is 0 Å². The van der Waals surface area contributed by atoms with Gasteiger partial charge in [-0.3, -0.25) is 13.9 Å². The fourth-order valence-electron chi connectivity index (χ4n) is 4.27. The van der Waals surface area contributed by atoms with Crippen LogP contribution in [0.1, 0.15) is 45.6 Å². The number of sulfonamides is 1. The molecule has 0 unspecified atom stereocenters. The van der Waals surface area contributed by atoms with Crippen molar-refractivity contribution in [1.29, 1.82) is 0 Å². The van der Waals surface area contributed by atoms with Crippen LogP contribution < -0.4 is 23.8 Å². The molecule has 1 aliphatic rings. The van der Waals surface area contributed by atoms with Gasteiger partial charge in [-0.05, 0) is 56.5 Å². The minimum atomic E-state index is -3.62. The molecule has 208 valence electrons. The highest BCUT2D eigenvalue weighted by molar-refractivity contribution is 7.92. The van der Waals surface area contributed by atoms with Crippen molar-refractivity contribution < 1.29 is 32.2 Å². The van der Waals surface area contributed by atoms with Gasteiger partial charge in [-0.1, -0.05) is 19.1 Å². The van der Waals surface area contributed by atoms with Crippen molar-refractivity contribution in [2.45, 2.75) is 58.7 Å². The average molecular weight is 548 g/mol.